The van der Waals surface area contributed by atoms with E-state index in [0.29, 0.717) is 37.2 Å². The molecule has 0 atom stereocenters. The molecule has 0 saturated carbocycles. The van der Waals surface area contributed by atoms with Crippen molar-refractivity contribution in [2.24, 2.45) is 0 Å². The van der Waals surface area contributed by atoms with Crippen molar-refractivity contribution >= 4 is 5.91 Å². The molecule has 3 rings (SSSR count). The van der Waals surface area contributed by atoms with E-state index in [0.717, 1.165) is 11.3 Å². The first kappa shape index (κ1) is 14.3. The highest BCUT2D eigenvalue weighted by Gasteiger charge is 2.23. The second kappa shape index (κ2) is 6.01. The zero-order chi connectivity index (χ0) is 15.5. The van der Waals surface area contributed by atoms with Crippen LogP contribution in [0.25, 0.3) is 0 Å². The van der Waals surface area contributed by atoms with Gasteiger partial charge in [0.25, 0.3) is 5.56 Å². The van der Waals surface area contributed by atoms with Crippen LogP contribution in [0, 0.1) is 0 Å². The van der Waals surface area contributed by atoms with Crippen molar-refractivity contribution < 1.29 is 9.53 Å². The third-order valence-electron chi connectivity index (χ3n) is 3.85. The van der Waals surface area contributed by atoms with Crippen molar-refractivity contribution in [3.8, 4) is 5.75 Å². The number of benzene rings is 1. The molecule has 6 heteroatoms. The number of ether oxygens (including phenoxy) is 1. The third kappa shape index (κ3) is 2.86. The summed E-state index contributed by atoms with van der Waals surface area (Å²) >= 11 is 0. The molecule has 1 aliphatic rings. The van der Waals surface area contributed by atoms with Crippen LogP contribution >= 0.6 is 0 Å². The van der Waals surface area contributed by atoms with Crippen LogP contribution in [0.1, 0.15) is 16.8 Å². The molecule has 2 heterocycles. The fourth-order valence-electron chi connectivity index (χ4n) is 2.65. The quantitative estimate of drug-likeness (QED) is 0.914. The summed E-state index contributed by atoms with van der Waals surface area (Å²) in [6.07, 6.45) is 2.25. The Morgan fingerprint density at radius 3 is 3.14 bits per heavy atom. The maximum atomic E-state index is 12.4. The smallest absolute Gasteiger partial charge is 0.254 e. The molecule has 1 N–H and O–H groups in total. The highest BCUT2D eigenvalue weighted by atomic mass is 16.5. The van der Waals surface area contributed by atoms with E-state index < -0.39 is 0 Å². The molecule has 0 radical (unpaired) electrons. The number of nitrogens with zero attached hydrogens (tertiary/aromatic N) is 2. The van der Waals surface area contributed by atoms with Crippen molar-refractivity contribution in [1.29, 1.82) is 0 Å². The molecule has 0 fully saturated rings. The van der Waals surface area contributed by atoms with Crippen LogP contribution in [0.4, 0.5) is 0 Å². The number of rotatable bonds is 3. The lowest BCUT2D eigenvalue weighted by Crippen LogP contribution is -2.39. The predicted molar refractivity (Wildman–Crippen MR) is 80.7 cm³/mol. The first-order chi connectivity index (χ1) is 10.7. The molecule has 1 aromatic carbocycles. The Morgan fingerprint density at radius 2 is 2.32 bits per heavy atom. The topological polar surface area (TPSA) is 75.3 Å². The van der Waals surface area contributed by atoms with Crippen LogP contribution in [-0.2, 0) is 24.2 Å². The SMILES string of the molecule is COc1cccc(CC(=O)N2CCc3c(nc[nH]c3=O)C2)c1. The van der Waals surface area contributed by atoms with Gasteiger partial charge in [-0.2, -0.15) is 0 Å². The van der Waals surface area contributed by atoms with E-state index in [-0.39, 0.29) is 11.5 Å². The summed E-state index contributed by atoms with van der Waals surface area (Å²) in [4.78, 5) is 32.6. The van der Waals surface area contributed by atoms with Gasteiger partial charge in [0, 0.05) is 12.1 Å². The number of amides is 1. The van der Waals surface area contributed by atoms with Crippen LogP contribution in [0.3, 0.4) is 0 Å². The van der Waals surface area contributed by atoms with Crippen molar-refractivity contribution in [3.05, 3.63) is 57.8 Å². The Labute approximate surface area is 127 Å². The van der Waals surface area contributed by atoms with E-state index in [1.54, 1.807) is 12.0 Å². The number of aromatic amines is 1. The fraction of sp³-hybridized carbons (Fsp3) is 0.312. The molecule has 114 valence electrons. The minimum Gasteiger partial charge on any atom is -0.497 e. The Morgan fingerprint density at radius 1 is 1.45 bits per heavy atom. The number of nitrogens with one attached hydrogen (secondary N) is 1. The van der Waals surface area contributed by atoms with Gasteiger partial charge >= 0.3 is 0 Å². The van der Waals surface area contributed by atoms with E-state index in [9.17, 15) is 9.59 Å². The first-order valence-electron chi connectivity index (χ1n) is 7.13. The van der Waals surface area contributed by atoms with E-state index >= 15 is 0 Å². The largest absolute Gasteiger partial charge is 0.497 e. The minimum absolute atomic E-state index is 0.0287. The normalized spacial score (nSPS) is 13.6. The van der Waals surface area contributed by atoms with Gasteiger partial charge in [0.1, 0.15) is 5.75 Å². The molecule has 0 aliphatic carbocycles. The van der Waals surface area contributed by atoms with Crippen molar-refractivity contribution in [3.63, 3.8) is 0 Å². The molecular formula is C16H17N3O3. The lowest BCUT2D eigenvalue weighted by atomic mass is 10.1. The van der Waals surface area contributed by atoms with Crippen LogP contribution in [0.5, 0.6) is 5.75 Å². The average Bonchev–Trinajstić information content (AvgIpc) is 2.55. The number of methoxy groups -OCH3 is 1. The van der Waals surface area contributed by atoms with Gasteiger partial charge in [0.2, 0.25) is 5.91 Å². The Balaban J connectivity index is 1.72. The summed E-state index contributed by atoms with van der Waals surface area (Å²) in [6.45, 7) is 0.937. The van der Waals surface area contributed by atoms with Gasteiger partial charge in [-0.05, 0) is 24.1 Å². The predicted octanol–water partition coefficient (Wildman–Crippen LogP) is 0.906. The molecule has 0 spiro atoms. The number of carbonyl (C=O) groups excluding carboxylic acids is 1. The van der Waals surface area contributed by atoms with E-state index in [1.165, 1.54) is 6.33 Å². The molecule has 0 unspecified atom stereocenters. The van der Waals surface area contributed by atoms with E-state index in [4.69, 9.17) is 4.74 Å². The number of H-pyrrole nitrogens is 1. The molecule has 0 bridgehead atoms. The van der Waals surface area contributed by atoms with E-state index in [1.807, 2.05) is 24.3 Å². The van der Waals surface area contributed by atoms with Gasteiger partial charge in [-0.3, -0.25) is 9.59 Å². The summed E-state index contributed by atoms with van der Waals surface area (Å²) in [7, 11) is 1.60. The molecule has 22 heavy (non-hydrogen) atoms. The van der Waals surface area contributed by atoms with Gasteiger partial charge in [0.15, 0.2) is 0 Å². The highest BCUT2D eigenvalue weighted by molar-refractivity contribution is 5.79. The standard InChI is InChI=1S/C16H17N3O3/c1-22-12-4-2-3-11(7-12)8-15(20)19-6-5-13-14(9-19)17-10-18-16(13)21/h2-4,7,10H,5-6,8-9H2,1H3,(H,17,18,21). The Bertz CT molecular complexity index is 754. The van der Waals surface area contributed by atoms with Gasteiger partial charge in [-0.25, -0.2) is 4.98 Å². The van der Waals surface area contributed by atoms with Crippen LogP contribution in [-0.4, -0.2) is 34.4 Å². The summed E-state index contributed by atoms with van der Waals surface area (Å²) in [5.74, 6) is 0.767. The van der Waals surface area contributed by atoms with Gasteiger partial charge in [0.05, 0.1) is 32.1 Å². The van der Waals surface area contributed by atoms with Gasteiger partial charge < -0.3 is 14.6 Å². The molecule has 2 aromatic rings. The van der Waals surface area contributed by atoms with E-state index in [2.05, 4.69) is 9.97 Å². The zero-order valence-electron chi connectivity index (χ0n) is 12.3. The van der Waals surface area contributed by atoms with Crippen LogP contribution in [0.15, 0.2) is 35.4 Å². The maximum absolute atomic E-state index is 12.4. The first-order valence-corrected chi connectivity index (χ1v) is 7.13. The lowest BCUT2D eigenvalue weighted by Gasteiger charge is -2.27. The minimum atomic E-state index is -0.107. The third-order valence-corrected chi connectivity index (χ3v) is 3.85. The van der Waals surface area contributed by atoms with Gasteiger partial charge in [-0.1, -0.05) is 12.1 Å². The molecular weight excluding hydrogens is 282 g/mol. The Kier molecular flexibility index (Phi) is 3.91. The second-order valence-electron chi connectivity index (χ2n) is 5.25. The van der Waals surface area contributed by atoms with Crippen LogP contribution in [0.2, 0.25) is 0 Å². The number of carbonyl (C=O) groups is 1. The molecule has 1 aliphatic heterocycles. The van der Waals surface area contributed by atoms with Crippen molar-refractivity contribution in [1.82, 2.24) is 14.9 Å². The highest BCUT2D eigenvalue weighted by Crippen LogP contribution is 2.17. The monoisotopic (exact) mass is 299 g/mol. The van der Waals surface area contributed by atoms with Crippen molar-refractivity contribution in [2.45, 2.75) is 19.4 Å². The van der Waals surface area contributed by atoms with Crippen molar-refractivity contribution in [2.75, 3.05) is 13.7 Å². The molecule has 0 saturated heterocycles. The molecule has 1 aromatic heterocycles. The number of hydrogen-bond donors (Lipinski definition) is 1. The Hall–Kier alpha value is -2.63. The molecule has 1 amide bonds. The summed E-state index contributed by atoms with van der Waals surface area (Å²) in [5.41, 5.74) is 2.18. The zero-order valence-corrected chi connectivity index (χ0v) is 12.3. The summed E-state index contributed by atoms with van der Waals surface area (Å²) < 4.78 is 5.17. The molecule has 6 nitrogen and oxygen atoms in total. The van der Waals surface area contributed by atoms with Gasteiger partial charge in [-0.15, -0.1) is 0 Å². The van der Waals surface area contributed by atoms with Crippen LogP contribution < -0.4 is 10.3 Å². The summed E-state index contributed by atoms with van der Waals surface area (Å²) in [5, 5.41) is 0. The summed E-state index contributed by atoms with van der Waals surface area (Å²) in [6, 6.07) is 7.48. The fourth-order valence-corrected chi connectivity index (χ4v) is 2.65. The number of aromatic nitrogens is 2. The maximum Gasteiger partial charge on any atom is 0.254 e. The number of fused-ring (bicyclic) bond motifs is 1. The second-order valence-corrected chi connectivity index (χ2v) is 5.25. The average molecular weight is 299 g/mol. The number of hydrogen-bond acceptors (Lipinski definition) is 4. The lowest BCUT2D eigenvalue weighted by molar-refractivity contribution is -0.131.